The Morgan fingerprint density at radius 1 is 1.09 bits per heavy atom. The predicted molar refractivity (Wildman–Crippen MR) is 163 cm³/mol. The Labute approximate surface area is 258 Å². The van der Waals surface area contributed by atoms with Crippen molar-refractivity contribution in [3.05, 3.63) is 47.9 Å². The molecule has 4 aromatic rings. The number of hydrogen-bond acceptors (Lipinski definition) is 7. The Morgan fingerprint density at radius 2 is 1.89 bits per heavy atom. The number of rotatable bonds is 6. The molecule has 4 fully saturated rings. The quantitative estimate of drug-likeness (QED) is 0.241. The number of alkyl halides is 3. The molecule has 11 heteroatoms. The van der Waals surface area contributed by atoms with E-state index in [1.807, 2.05) is 25.1 Å². The first-order chi connectivity index (χ1) is 21.7. The van der Waals surface area contributed by atoms with Crippen molar-refractivity contribution in [3.8, 4) is 23.0 Å². The van der Waals surface area contributed by atoms with Gasteiger partial charge in [-0.3, -0.25) is 9.88 Å². The van der Waals surface area contributed by atoms with Crippen LogP contribution in [-0.4, -0.2) is 75.4 Å². The smallest absolute Gasteiger partial charge is 0.319 e. The summed E-state index contributed by atoms with van der Waals surface area (Å²) in [5.74, 6) is -4.81. The summed E-state index contributed by atoms with van der Waals surface area (Å²) in [5, 5.41) is 12.4. The van der Waals surface area contributed by atoms with Crippen molar-refractivity contribution in [1.29, 1.82) is 0 Å². The van der Waals surface area contributed by atoms with E-state index in [0.29, 0.717) is 49.0 Å². The highest BCUT2D eigenvalue weighted by atomic mass is 19.3. The number of aromatic hydroxyl groups is 1. The van der Waals surface area contributed by atoms with Gasteiger partial charge in [0.05, 0.1) is 10.9 Å². The molecule has 3 saturated heterocycles. The number of fused-ring (bicyclic) bond motifs is 5. The Balaban J connectivity index is 1.26. The number of phenols is 1. The maximum Gasteiger partial charge on any atom is 0.319 e. The summed E-state index contributed by atoms with van der Waals surface area (Å²) in [6.07, 6.45) is 4.16. The highest BCUT2D eigenvalue weighted by Crippen LogP contribution is 2.50. The number of halogens is 4. The van der Waals surface area contributed by atoms with Crippen molar-refractivity contribution in [2.75, 3.05) is 37.7 Å². The first kappa shape index (κ1) is 28.7. The minimum absolute atomic E-state index is 0.0155. The van der Waals surface area contributed by atoms with E-state index in [1.165, 1.54) is 12.3 Å². The summed E-state index contributed by atoms with van der Waals surface area (Å²) in [6.45, 7) is 3.47. The average molecular weight is 622 g/mol. The second-order valence-corrected chi connectivity index (χ2v) is 13.3. The molecular formula is C34H35F4N5O2. The molecule has 236 valence electrons. The van der Waals surface area contributed by atoms with Crippen molar-refractivity contribution in [3.63, 3.8) is 0 Å². The van der Waals surface area contributed by atoms with Gasteiger partial charge in [0.25, 0.3) is 5.92 Å². The zero-order valence-electron chi connectivity index (χ0n) is 25.1. The average Bonchev–Trinajstić information content (AvgIpc) is 3.55. The van der Waals surface area contributed by atoms with Gasteiger partial charge in [-0.2, -0.15) is 9.97 Å². The molecule has 1 saturated carbocycles. The van der Waals surface area contributed by atoms with Crippen molar-refractivity contribution >= 4 is 27.5 Å². The second kappa shape index (κ2) is 10.4. The van der Waals surface area contributed by atoms with Gasteiger partial charge in [0.2, 0.25) is 0 Å². The van der Waals surface area contributed by atoms with Gasteiger partial charge in [0, 0.05) is 49.7 Å². The lowest BCUT2D eigenvalue weighted by Gasteiger charge is -2.38. The maximum absolute atomic E-state index is 16.8. The van der Waals surface area contributed by atoms with Crippen molar-refractivity contribution in [2.45, 2.75) is 63.1 Å². The third-order valence-corrected chi connectivity index (χ3v) is 10.7. The van der Waals surface area contributed by atoms with Crippen LogP contribution in [0.2, 0.25) is 0 Å². The fraction of sp³-hybridized carbons (Fsp3) is 0.500. The molecule has 0 spiro atoms. The number of pyridine rings is 1. The maximum atomic E-state index is 16.8. The number of phenolic OH excluding ortho intramolecular Hbond substituents is 1. The number of aromatic nitrogens is 3. The van der Waals surface area contributed by atoms with Crippen molar-refractivity contribution in [2.24, 2.45) is 11.8 Å². The van der Waals surface area contributed by atoms with Crippen LogP contribution in [0.4, 0.5) is 23.4 Å². The van der Waals surface area contributed by atoms with Crippen LogP contribution in [0.1, 0.15) is 44.6 Å². The monoisotopic (exact) mass is 621 g/mol. The van der Waals surface area contributed by atoms with E-state index in [2.05, 4.69) is 19.9 Å². The SMILES string of the molecule is CCc1cccc2cc(O)cc(-c3ncc4c(N5CC6CCC(C5)C6(F)F)nc(OC[C@@]56CCCN5C[C@H](F)C6)nc4c3F)c12. The highest BCUT2D eigenvalue weighted by Gasteiger charge is 2.56. The number of hydrogen-bond donors (Lipinski definition) is 1. The molecule has 4 atom stereocenters. The normalized spacial score (nSPS) is 27.5. The zero-order chi connectivity index (χ0) is 31.1. The van der Waals surface area contributed by atoms with E-state index >= 15 is 4.39 Å². The fourth-order valence-corrected chi connectivity index (χ4v) is 8.46. The summed E-state index contributed by atoms with van der Waals surface area (Å²) >= 11 is 0. The van der Waals surface area contributed by atoms with Crippen LogP contribution < -0.4 is 9.64 Å². The molecule has 0 radical (unpaired) electrons. The third kappa shape index (κ3) is 4.52. The third-order valence-electron chi connectivity index (χ3n) is 10.7. The molecule has 2 aromatic heterocycles. The molecular weight excluding hydrogens is 586 g/mol. The van der Waals surface area contributed by atoms with Crippen LogP contribution in [0.3, 0.4) is 0 Å². The topological polar surface area (TPSA) is 74.6 Å². The fourth-order valence-electron chi connectivity index (χ4n) is 8.46. The van der Waals surface area contributed by atoms with Gasteiger partial charge in [-0.25, -0.2) is 17.6 Å². The molecule has 2 aromatic carbocycles. The predicted octanol–water partition coefficient (Wildman–Crippen LogP) is 6.69. The zero-order valence-corrected chi connectivity index (χ0v) is 25.1. The summed E-state index contributed by atoms with van der Waals surface area (Å²) in [7, 11) is 0. The van der Waals surface area contributed by atoms with Crippen LogP contribution in [-0.2, 0) is 6.42 Å². The molecule has 45 heavy (non-hydrogen) atoms. The largest absolute Gasteiger partial charge is 0.508 e. The first-order valence-electron chi connectivity index (χ1n) is 15.9. The summed E-state index contributed by atoms with van der Waals surface area (Å²) in [5.41, 5.74) is 0.917. The number of anilines is 1. The second-order valence-electron chi connectivity index (χ2n) is 13.3. The Kier molecular flexibility index (Phi) is 6.64. The summed E-state index contributed by atoms with van der Waals surface area (Å²) in [4.78, 5) is 17.7. The van der Waals surface area contributed by atoms with Crippen LogP contribution in [0.5, 0.6) is 11.8 Å². The van der Waals surface area contributed by atoms with E-state index in [4.69, 9.17) is 4.74 Å². The van der Waals surface area contributed by atoms with E-state index in [1.54, 1.807) is 11.0 Å². The van der Waals surface area contributed by atoms with Crippen LogP contribution in [0.25, 0.3) is 32.9 Å². The molecule has 8 rings (SSSR count). The van der Waals surface area contributed by atoms with E-state index in [-0.39, 0.29) is 42.7 Å². The standard InChI is InChI=1S/C34H35F4N5O2/c1-2-19-5-3-6-20-11-24(44)12-25(27(19)20)29-28(36)30-26(14-39-29)31(42-15-21-7-8-22(16-42)34(21,37)38)41-32(40-30)45-18-33-9-4-10-43(33)17-23(35)13-33/h3,5-6,11-12,14,21-23,44H,2,4,7-10,13,15-18H2,1H3/t21?,22?,23-,33+/m1/s1. The molecule has 2 unspecified atom stereocenters. The number of nitrogens with zero attached hydrogens (tertiary/aromatic N) is 5. The van der Waals surface area contributed by atoms with E-state index < -0.39 is 35.3 Å². The van der Waals surface area contributed by atoms with Gasteiger partial charge in [-0.1, -0.05) is 25.1 Å². The van der Waals surface area contributed by atoms with Crippen molar-refractivity contribution in [1.82, 2.24) is 19.9 Å². The molecule has 4 aliphatic rings. The van der Waals surface area contributed by atoms with Gasteiger partial charge in [-0.05, 0) is 67.1 Å². The first-order valence-corrected chi connectivity index (χ1v) is 15.9. The number of benzene rings is 2. The molecule has 0 amide bonds. The molecule has 2 bridgehead atoms. The minimum Gasteiger partial charge on any atom is -0.508 e. The molecule has 7 nitrogen and oxygen atoms in total. The van der Waals surface area contributed by atoms with Gasteiger partial charge in [-0.15, -0.1) is 0 Å². The molecule has 3 aliphatic heterocycles. The van der Waals surface area contributed by atoms with Crippen LogP contribution >= 0.6 is 0 Å². The van der Waals surface area contributed by atoms with Crippen LogP contribution in [0.15, 0.2) is 36.5 Å². The number of ether oxygens (including phenoxy) is 1. The van der Waals surface area contributed by atoms with Gasteiger partial charge >= 0.3 is 6.01 Å². The lowest BCUT2D eigenvalue weighted by molar-refractivity contribution is -0.0830. The minimum atomic E-state index is -2.75. The van der Waals surface area contributed by atoms with Gasteiger partial charge in [0.15, 0.2) is 5.82 Å². The number of piperidine rings is 1. The highest BCUT2D eigenvalue weighted by molar-refractivity contribution is 6.01. The Hall–Kier alpha value is -3.73. The molecule has 1 aliphatic carbocycles. The summed E-state index contributed by atoms with van der Waals surface area (Å²) in [6, 6.07) is 8.79. The van der Waals surface area contributed by atoms with Gasteiger partial charge < -0.3 is 14.7 Å². The van der Waals surface area contributed by atoms with E-state index in [9.17, 15) is 18.3 Å². The summed E-state index contributed by atoms with van der Waals surface area (Å²) < 4.78 is 67.2. The van der Waals surface area contributed by atoms with E-state index in [0.717, 1.165) is 35.7 Å². The number of aryl methyl sites for hydroxylation is 1. The molecule has 5 heterocycles. The van der Waals surface area contributed by atoms with Gasteiger partial charge in [0.1, 0.15) is 35.6 Å². The Morgan fingerprint density at radius 3 is 2.67 bits per heavy atom. The van der Waals surface area contributed by atoms with Crippen LogP contribution in [0, 0.1) is 17.7 Å². The molecule has 1 N–H and O–H groups in total. The van der Waals surface area contributed by atoms with Crippen molar-refractivity contribution < 1.29 is 27.4 Å². The Bertz CT molecular complexity index is 1810. The lowest BCUT2D eigenvalue weighted by Crippen LogP contribution is -2.49. The lowest BCUT2D eigenvalue weighted by atomic mass is 9.93.